The summed E-state index contributed by atoms with van der Waals surface area (Å²) < 4.78 is 37.1. The SMILES string of the molecule is O=C(NC[C@@H](c1ccco1)[NH+]1CCOCC1)c1ccc(F)c(F)c1. The van der Waals surface area contributed by atoms with Gasteiger partial charge >= 0.3 is 0 Å². The number of hydrogen-bond donors (Lipinski definition) is 2. The highest BCUT2D eigenvalue weighted by Crippen LogP contribution is 2.12. The summed E-state index contributed by atoms with van der Waals surface area (Å²) in [5.74, 6) is -1.68. The summed E-state index contributed by atoms with van der Waals surface area (Å²) in [6, 6.07) is 6.72. The lowest BCUT2D eigenvalue weighted by molar-refractivity contribution is -0.938. The molecule has 1 fully saturated rings. The van der Waals surface area contributed by atoms with Crippen LogP contribution in [0.1, 0.15) is 22.2 Å². The Morgan fingerprint density at radius 2 is 2.00 bits per heavy atom. The minimum atomic E-state index is -1.04. The van der Waals surface area contributed by atoms with E-state index in [1.54, 1.807) is 12.3 Å². The fourth-order valence-electron chi connectivity index (χ4n) is 2.85. The second-order valence-electron chi connectivity index (χ2n) is 5.68. The molecule has 0 saturated carbocycles. The van der Waals surface area contributed by atoms with Crippen LogP contribution in [-0.2, 0) is 4.74 Å². The Morgan fingerprint density at radius 3 is 2.67 bits per heavy atom. The Bertz CT molecular complexity index is 685. The molecule has 5 nitrogen and oxygen atoms in total. The van der Waals surface area contributed by atoms with Crippen molar-refractivity contribution in [2.75, 3.05) is 32.8 Å². The molecule has 2 N–H and O–H groups in total. The number of rotatable bonds is 5. The molecule has 2 heterocycles. The van der Waals surface area contributed by atoms with E-state index in [0.717, 1.165) is 31.0 Å². The van der Waals surface area contributed by atoms with Gasteiger partial charge in [0.1, 0.15) is 13.1 Å². The first kappa shape index (κ1) is 16.6. The zero-order valence-corrected chi connectivity index (χ0v) is 13.1. The maximum Gasteiger partial charge on any atom is 0.251 e. The van der Waals surface area contributed by atoms with E-state index < -0.39 is 17.5 Å². The lowest BCUT2D eigenvalue weighted by Gasteiger charge is -2.30. The van der Waals surface area contributed by atoms with Crippen molar-refractivity contribution in [3.05, 3.63) is 59.6 Å². The normalized spacial score (nSPS) is 16.8. The number of quaternary nitrogens is 1. The van der Waals surface area contributed by atoms with Gasteiger partial charge in [0.25, 0.3) is 5.91 Å². The highest BCUT2D eigenvalue weighted by atomic mass is 19.2. The molecule has 0 bridgehead atoms. The molecule has 7 heteroatoms. The van der Waals surface area contributed by atoms with E-state index in [-0.39, 0.29) is 11.6 Å². The van der Waals surface area contributed by atoms with Gasteiger partial charge in [-0.05, 0) is 30.3 Å². The van der Waals surface area contributed by atoms with Gasteiger partial charge in [0.05, 0.1) is 26.0 Å². The number of morpholine rings is 1. The van der Waals surface area contributed by atoms with Gasteiger partial charge in [-0.15, -0.1) is 0 Å². The Balaban J connectivity index is 1.68. The molecular formula is C17H19F2N2O3+. The zero-order valence-electron chi connectivity index (χ0n) is 13.1. The standard InChI is InChI=1S/C17H18F2N2O3/c18-13-4-3-12(10-14(13)19)17(22)20-11-15(16-2-1-7-24-16)21-5-8-23-9-6-21/h1-4,7,10,15H,5-6,8-9,11H2,(H,20,22)/p+1/t15-/m0/s1. The second kappa shape index (κ2) is 7.55. The van der Waals surface area contributed by atoms with Crippen LogP contribution in [0.4, 0.5) is 8.78 Å². The van der Waals surface area contributed by atoms with Gasteiger partial charge in [-0.2, -0.15) is 0 Å². The molecule has 2 aromatic rings. The van der Waals surface area contributed by atoms with Crippen molar-refractivity contribution in [2.45, 2.75) is 6.04 Å². The van der Waals surface area contributed by atoms with Crippen LogP contribution in [0.3, 0.4) is 0 Å². The van der Waals surface area contributed by atoms with Gasteiger partial charge in [0.15, 0.2) is 23.4 Å². The van der Waals surface area contributed by atoms with Crippen LogP contribution >= 0.6 is 0 Å². The molecule has 1 aliphatic rings. The molecule has 0 unspecified atom stereocenters. The molecule has 0 radical (unpaired) electrons. The minimum Gasteiger partial charge on any atom is -0.463 e. The molecule has 1 aromatic heterocycles. The molecule has 1 aliphatic heterocycles. The molecule has 1 amide bonds. The number of ether oxygens (including phenoxy) is 1. The second-order valence-corrected chi connectivity index (χ2v) is 5.68. The summed E-state index contributed by atoms with van der Waals surface area (Å²) in [5.41, 5.74) is 0.0871. The van der Waals surface area contributed by atoms with Crippen LogP contribution in [0, 0.1) is 11.6 Å². The lowest BCUT2D eigenvalue weighted by atomic mass is 10.1. The van der Waals surface area contributed by atoms with E-state index in [0.29, 0.717) is 19.8 Å². The molecule has 0 aliphatic carbocycles. The smallest absolute Gasteiger partial charge is 0.251 e. The largest absolute Gasteiger partial charge is 0.463 e. The first-order valence-electron chi connectivity index (χ1n) is 7.84. The summed E-state index contributed by atoms with van der Waals surface area (Å²) in [6.07, 6.45) is 1.60. The summed E-state index contributed by atoms with van der Waals surface area (Å²) in [6.45, 7) is 3.27. The van der Waals surface area contributed by atoms with Crippen molar-refractivity contribution in [1.82, 2.24) is 5.32 Å². The van der Waals surface area contributed by atoms with E-state index in [2.05, 4.69) is 5.32 Å². The number of carbonyl (C=O) groups excluding carboxylic acids is 1. The summed E-state index contributed by atoms with van der Waals surface area (Å²) in [5, 5.41) is 2.78. The molecule has 1 saturated heterocycles. The number of amides is 1. The van der Waals surface area contributed by atoms with Gasteiger partial charge < -0.3 is 19.4 Å². The van der Waals surface area contributed by atoms with E-state index in [1.807, 2.05) is 6.07 Å². The molecular weight excluding hydrogens is 318 g/mol. The summed E-state index contributed by atoms with van der Waals surface area (Å²) in [4.78, 5) is 13.5. The predicted molar refractivity (Wildman–Crippen MR) is 81.7 cm³/mol. The van der Waals surface area contributed by atoms with Crippen LogP contribution in [0.25, 0.3) is 0 Å². The van der Waals surface area contributed by atoms with Crippen LogP contribution < -0.4 is 10.2 Å². The Labute approximate surface area is 138 Å². The Morgan fingerprint density at radius 1 is 1.21 bits per heavy atom. The third-order valence-corrected chi connectivity index (χ3v) is 4.16. The number of benzene rings is 1. The number of carbonyl (C=O) groups is 1. The number of halogens is 2. The first-order valence-corrected chi connectivity index (χ1v) is 7.84. The fourth-order valence-corrected chi connectivity index (χ4v) is 2.85. The fraction of sp³-hybridized carbons (Fsp3) is 0.353. The monoisotopic (exact) mass is 337 g/mol. The van der Waals surface area contributed by atoms with Crippen molar-refractivity contribution in [3.8, 4) is 0 Å². The Kier molecular flexibility index (Phi) is 5.22. The quantitative estimate of drug-likeness (QED) is 0.854. The van der Waals surface area contributed by atoms with Crippen LogP contribution in [0.5, 0.6) is 0 Å². The van der Waals surface area contributed by atoms with Crippen molar-refractivity contribution in [1.29, 1.82) is 0 Å². The maximum atomic E-state index is 13.3. The topological polar surface area (TPSA) is 55.9 Å². The summed E-state index contributed by atoms with van der Waals surface area (Å²) in [7, 11) is 0. The molecule has 128 valence electrons. The predicted octanol–water partition coefficient (Wildman–Crippen LogP) is 0.944. The highest BCUT2D eigenvalue weighted by Gasteiger charge is 2.29. The van der Waals surface area contributed by atoms with E-state index in [9.17, 15) is 13.6 Å². The maximum absolute atomic E-state index is 13.3. The van der Waals surface area contributed by atoms with Crippen LogP contribution in [0.2, 0.25) is 0 Å². The Hall–Kier alpha value is -2.25. The van der Waals surface area contributed by atoms with Gasteiger partial charge in [-0.25, -0.2) is 8.78 Å². The van der Waals surface area contributed by atoms with E-state index in [1.165, 1.54) is 11.0 Å². The first-order chi connectivity index (χ1) is 11.6. The average Bonchev–Trinajstić information content (AvgIpc) is 3.12. The summed E-state index contributed by atoms with van der Waals surface area (Å²) >= 11 is 0. The van der Waals surface area contributed by atoms with Gasteiger partial charge in [-0.1, -0.05) is 0 Å². The van der Waals surface area contributed by atoms with Crippen LogP contribution in [-0.4, -0.2) is 38.8 Å². The highest BCUT2D eigenvalue weighted by molar-refractivity contribution is 5.94. The van der Waals surface area contributed by atoms with Crippen molar-refractivity contribution < 1.29 is 27.6 Å². The zero-order chi connectivity index (χ0) is 16.9. The minimum absolute atomic E-state index is 0.0573. The van der Waals surface area contributed by atoms with Gasteiger partial charge in [0, 0.05) is 5.56 Å². The molecule has 1 atom stereocenters. The number of hydrogen-bond acceptors (Lipinski definition) is 3. The third kappa shape index (κ3) is 3.80. The van der Waals surface area contributed by atoms with Crippen molar-refractivity contribution >= 4 is 5.91 Å². The van der Waals surface area contributed by atoms with E-state index >= 15 is 0 Å². The number of nitrogens with one attached hydrogen (secondary N) is 2. The molecule has 3 rings (SSSR count). The van der Waals surface area contributed by atoms with Crippen LogP contribution in [0.15, 0.2) is 41.0 Å². The van der Waals surface area contributed by atoms with Crippen molar-refractivity contribution in [2.24, 2.45) is 0 Å². The average molecular weight is 337 g/mol. The molecule has 1 aromatic carbocycles. The molecule has 24 heavy (non-hydrogen) atoms. The van der Waals surface area contributed by atoms with Gasteiger partial charge in [0.2, 0.25) is 0 Å². The van der Waals surface area contributed by atoms with Crippen molar-refractivity contribution in [3.63, 3.8) is 0 Å². The van der Waals surface area contributed by atoms with E-state index in [4.69, 9.17) is 9.15 Å². The lowest BCUT2D eigenvalue weighted by Crippen LogP contribution is -3.15. The molecule has 0 spiro atoms. The van der Waals surface area contributed by atoms with Gasteiger partial charge in [-0.3, -0.25) is 4.79 Å². The third-order valence-electron chi connectivity index (χ3n) is 4.16. The number of furan rings is 1.